The van der Waals surface area contributed by atoms with Crippen molar-refractivity contribution in [2.75, 3.05) is 25.0 Å². The lowest BCUT2D eigenvalue weighted by Gasteiger charge is -2.20. The summed E-state index contributed by atoms with van der Waals surface area (Å²) in [4.78, 5) is 29.7. The molecule has 1 unspecified atom stereocenters. The fourth-order valence-electron chi connectivity index (χ4n) is 4.19. The number of thiophene rings is 1. The van der Waals surface area contributed by atoms with E-state index in [1.165, 1.54) is 4.88 Å². The monoisotopic (exact) mass is 477 g/mol. The number of aryl methyl sites for hydroxylation is 1. The Morgan fingerprint density at radius 3 is 2.44 bits per heavy atom. The van der Waals surface area contributed by atoms with Crippen molar-refractivity contribution in [3.8, 4) is 0 Å². The number of amides is 2. The second-order valence-corrected chi connectivity index (χ2v) is 9.38. The summed E-state index contributed by atoms with van der Waals surface area (Å²) in [6, 6.07) is 9.27. The van der Waals surface area contributed by atoms with Crippen molar-refractivity contribution >= 4 is 40.6 Å². The van der Waals surface area contributed by atoms with E-state index in [1.807, 2.05) is 18.2 Å². The molecule has 2 aromatic rings. The van der Waals surface area contributed by atoms with Crippen LogP contribution in [-0.2, 0) is 12.8 Å². The third-order valence-electron chi connectivity index (χ3n) is 6.04. The van der Waals surface area contributed by atoms with Crippen molar-refractivity contribution in [3.05, 3.63) is 51.9 Å². The zero-order valence-corrected chi connectivity index (χ0v) is 21.0. The minimum atomic E-state index is -0.166. The van der Waals surface area contributed by atoms with E-state index in [0.717, 1.165) is 63.7 Å². The first-order chi connectivity index (χ1) is 15.0. The maximum atomic E-state index is 13.3. The average molecular weight is 478 g/mol. The van der Waals surface area contributed by atoms with Crippen LogP contribution >= 0.6 is 23.7 Å². The first-order valence-electron chi connectivity index (χ1n) is 11.6. The first-order valence-corrected chi connectivity index (χ1v) is 12.4. The third-order valence-corrected chi connectivity index (χ3v) is 7.25. The van der Waals surface area contributed by atoms with E-state index in [4.69, 9.17) is 0 Å². The number of benzene rings is 1. The van der Waals surface area contributed by atoms with E-state index in [9.17, 15) is 9.59 Å². The van der Waals surface area contributed by atoms with Gasteiger partial charge in [-0.25, -0.2) is 0 Å². The molecule has 1 aromatic carbocycles. The SMILES string of the molecule is CCN(CC)CCCC(C)NC(=O)c1c(NC(=O)c2ccccc2)sc2c1CCCC2.Cl. The third kappa shape index (κ3) is 6.80. The molecule has 1 heterocycles. The fourth-order valence-corrected chi connectivity index (χ4v) is 5.47. The van der Waals surface area contributed by atoms with Crippen molar-refractivity contribution < 1.29 is 9.59 Å². The molecule has 176 valence electrons. The molecule has 1 aliphatic carbocycles. The number of nitrogens with zero attached hydrogens (tertiary/aromatic N) is 1. The van der Waals surface area contributed by atoms with Gasteiger partial charge >= 0.3 is 0 Å². The van der Waals surface area contributed by atoms with Crippen molar-refractivity contribution in [2.24, 2.45) is 0 Å². The second-order valence-electron chi connectivity index (χ2n) is 8.28. The zero-order chi connectivity index (χ0) is 22.2. The highest BCUT2D eigenvalue weighted by Gasteiger charge is 2.27. The lowest BCUT2D eigenvalue weighted by molar-refractivity contribution is 0.0937. The van der Waals surface area contributed by atoms with Gasteiger partial charge in [0, 0.05) is 16.5 Å². The quantitative estimate of drug-likeness (QED) is 0.472. The van der Waals surface area contributed by atoms with Crippen LogP contribution in [-0.4, -0.2) is 42.4 Å². The van der Waals surface area contributed by atoms with E-state index in [0.29, 0.717) is 16.1 Å². The van der Waals surface area contributed by atoms with E-state index in [1.54, 1.807) is 23.5 Å². The lowest BCUT2D eigenvalue weighted by atomic mass is 9.95. The summed E-state index contributed by atoms with van der Waals surface area (Å²) < 4.78 is 0. The van der Waals surface area contributed by atoms with Crippen LogP contribution in [0.15, 0.2) is 30.3 Å². The van der Waals surface area contributed by atoms with E-state index < -0.39 is 0 Å². The number of anilines is 1. The molecule has 0 fully saturated rings. The van der Waals surface area contributed by atoms with Crippen LogP contribution in [0.25, 0.3) is 0 Å². The molecule has 3 rings (SSSR count). The Hall–Kier alpha value is -1.89. The van der Waals surface area contributed by atoms with Crippen molar-refractivity contribution in [1.82, 2.24) is 10.2 Å². The highest BCUT2D eigenvalue weighted by Crippen LogP contribution is 2.38. The number of rotatable bonds is 10. The molecule has 0 radical (unpaired) electrons. The van der Waals surface area contributed by atoms with Crippen LogP contribution in [0, 0.1) is 0 Å². The molecule has 1 atom stereocenters. The molecule has 0 saturated carbocycles. The fraction of sp³-hybridized carbons (Fsp3) is 0.520. The van der Waals surface area contributed by atoms with E-state index in [2.05, 4.69) is 36.3 Å². The normalized spacial score (nSPS) is 13.8. The topological polar surface area (TPSA) is 61.4 Å². The van der Waals surface area contributed by atoms with Crippen LogP contribution in [0.2, 0.25) is 0 Å². The largest absolute Gasteiger partial charge is 0.349 e. The Labute approximate surface area is 202 Å². The van der Waals surface area contributed by atoms with Crippen molar-refractivity contribution in [2.45, 2.75) is 65.3 Å². The maximum Gasteiger partial charge on any atom is 0.256 e. The molecule has 32 heavy (non-hydrogen) atoms. The van der Waals surface area contributed by atoms with Gasteiger partial charge in [0.1, 0.15) is 5.00 Å². The summed E-state index contributed by atoms with van der Waals surface area (Å²) >= 11 is 1.57. The summed E-state index contributed by atoms with van der Waals surface area (Å²) in [5, 5.41) is 6.91. The molecule has 0 aliphatic heterocycles. The number of nitrogens with one attached hydrogen (secondary N) is 2. The van der Waals surface area contributed by atoms with Gasteiger partial charge in [0.2, 0.25) is 0 Å². The van der Waals surface area contributed by atoms with Crippen LogP contribution in [0.1, 0.15) is 77.6 Å². The molecular weight excluding hydrogens is 442 g/mol. The summed E-state index contributed by atoms with van der Waals surface area (Å²) in [6.45, 7) is 9.60. The van der Waals surface area contributed by atoms with Crippen LogP contribution < -0.4 is 10.6 Å². The van der Waals surface area contributed by atoms with Gasteiger partial charge < -0.3 is 15.5 Å². The van der Waals surface area contributed by atoms with Crippen LogP contribution in [0.5, 0.6) is 0 Å². The molecule has 0 spiro atoms. The van der Waals surface area contributed by atoms with Crippen LogP contribution in [0.3, 0.4) is 0 Å². The smallest absolute Gasteiger partial charge is 0.256 e. The second kappa shape index (κ2) is 13.0. The maximum absolute atomic E-state index is 13.3. The first kappa shape index (κ1) is 26.4. The van der Waals surface area contributed by atoms with E-state index >= 15 is 0 Å². The number of carbonyl (C=O) groups is 2. The summed E-state index contributed by atoms with van der Waals surface area (Å²) in [5.74, 6) is -0.224. The molecule has 1 aliphatic rings. The molecule has 0 bridgehead atoms. The van der Waals surface area contributed by atoms with Gasteiger partial charge in [-0.15, -0.1) is 23.7 Å². The van der Waals surface area contributed by atoms with Gasteiger partial charge in [0.25, 0.3) is 11.8 Å². The molecule has 2 N–H and O–H groups in total. The highest BCUT2D eigenvalue weighted by molar-refractivity contribution is 7.17. The summed E-state index contributed by atoms with van der Waals surface area (Å²) in [7, 11) is 0. The van der Waals surface area contributed by atoms with E-state index in [-0.39, 0.29) is 30.3 Å². The Balaban J connectivity index is 0.00000363. The molecular formula is C25H36ClN3O2S. The summed E-state index contributed by atoms with van der Waals surface area (Å²) in [5.41, 5.74) is 2.41. The number of halogens is 1. The molecule has 1 aromatic heterocycles. The van der Waals surface area contributed by atoms with Gasteiger partial charge in [-0.2, -0.15) is 0 Å². The average Bonchev–Trinajstić information content (AvgIpc) is 3.15. The van der Waals surface area contributed by atoms with Gasteiger partial charge in [-0.05, 0) is 82.8 Å². The molecule has 5 nitrogen and oxygen atoms in total. The summed E-state index contributed by atoms with van der Waals surface area (Å²) in [6.07, 6.45) is 6.13. The Morgan fingerprint density at radius 1 is 1.06 bits per heavy atom. The molecule has 2 amide bonds. The number of hydrogen-bond acceptors (Lipinski definition) is 4. The molecule has 0 saturated heterocycles. The predicted molar refractivity (Wildman–Crippen MR) is 137 cm³/mol. The zero-order valence-electron chi connectivity index (χ0n) is 19.4. The van der Waals surface area contributed by atoms with Crippen molar-refractivity contribution in [3.63, 3.8) is 0 Å². The standard InChI is InChI=1S/C25H35N3O2S.ClH/c1-4-28(5-2)17-11-12-18(3)26-24(30)22-20-15-9-10-16-21(20)31-25(22)27-23(29)19-13-7-6-8-14-19;/h6-8,13-14,18H,4-5,9-12,15-17H2,1-3H3,(H,26,30)(H,27,29);1H. The highest BCUT2D eigenvalue weighted by atomic mass is 35.5. The molecule has 7 heteroatoms. The minimum absolute atomic E-state index is 0. The van der Waals surface area contributed by atoms with Crippen molar-refractivity contribution in [1.29, 1.82) is 0 Å². The van der Waals surface area contributed by atoms with Gasteiger partial charge in [0.05, 0.1) is 5.56 Å². The minimum Gasteiger partial charge on any atom is -0.349 e. The number of fused-ring (bicyclic) bond motifs is 1. The predicted octanol–water partition coefficient (Wildman–Crippen LogP) is 5.54. The number of hydrogen-bond donors (Lipinski definition) is 2. The van der Waals surface area contributed by atoms with Crippen LogP contribution in [0.4, 0.5) is 5.00 Å². The lowest BCUT2D eigenvalue weighted by Crippen LogP contribution is -2.34. The van der Waals surface area contributed by atoms with Gasteiger partial charge in [0.15, 0.2) is 0 Å². The Kier molecular flexibility index (Phi) is 10.7. The number of carbonyl (C=O) groups excluding carboxylic acids is 2. The van der Waals surface area contributed by atoms with Gasteiger partial charge in [-0.1, -0.05) is 32.0 Å². The van der Waals surface area contributed by atoms with Gasteiger partial charge in [-0.3, -0.25) is 9.59 Å². The Bertz CT molecular complexity index is 881. The Morgan fingerprint density at radius 2 is 1.75 bits per heavy atom.